The molecule has 0 aliphatic carbocycles. The molecule has 128 valence electrons. The second kappa shape index (κ2) is 7.51. The molecule has 0 atom stereocenters. The van der Waals surface area contributed by atoms with E-state index >= 15 is 0 Å². The van der Waals surface area contributed by atoms with Gasteiger partial charge in [0.1, 0.15) is 11.6 Å². The zero-order valence-electron chi connectivity index (χ0n) is 13.4. The van der Waals surface area contributed by atoms with Gasteiger partial charge in [0.25, 0.3) is 5.91 Å². The standard InChI is InChI=1S/C19H13N3O3S/c20-10-14(8-12-6-7-16(23)17(24)9-12)18(25)22-19-21-15(11-26-19)13-4-2-1-3-5-13/h1-9,11,23-24H,(H,21,22,25)/b14-8+. The van der Waals surface area contributed by atoms with Crippen LogP contribution in [-0.2, 0) is 4.79 Å². The van der Waals surface area contributed by atoms with E-state index in [1.165, 1.54) is 35.6 Å². The lowest BCUT2D eigenvalue weighted by atomic mass is 10.1. The third-order valence-corrected chi connectivity index (χ3v) is 4.23. The molecule has 0 saturated heterocycles. The summed E-state index contributed by atoms with van der Waals surface area (Å²) in [6.07, 6.45) is 1.32. The molecule has 1 heterocycles. The summed E-state index contributed by atoms with van der Waals surface area (Å²) in [7, 11) is 0. The number of hydrogen-bond acceptors (Lipinski definition) is 6. The largest absolute Gasteiger partial charge is 0.504 e. The Morgan fingerprint density at radius 1 is 1.15 bits per heavy atom. The van der Waals surface area contributed by atoms with Gasteiger partial charge in [-0.3, -0.25) is 10.1 Å². The van der Waals surface area contributed by atoms with E-state index in [1.807, 2.05) is 41.8 Å². The Morgan fingerprint density at radius 3 is 2.62 bits per heavy atom. The molecule has 0 saturated carbocycles. The van der Waals surface area contributed by atoms with Gasteiger partial charge in [-0.05, 0) is 23.8 Å². The molecule has 0 spiro atoms. The molecule has 3 aromatic rings. The number of nitrogens with zero attached hydrogens (tertiary/aromatic N) is 2. The number of amides is 1. The predicted octanol–water partition coefficient (Wildman–Crippen LogP) is 3.77. The van der Waals surface area contributed by atoms with Gasteiger partial charge in [-0.1, -0.05) is 36.4 Å². The van der Waals surface area contributed by atoms with Crippen LogP contribution in [0.25, 0.3) is 17.3 Å². The van der Waals surface area contributed by atoms with Crippen molar-refractivity contribution in [3.05, 3.63) is 65.0 Å². The summed E-state index contributed by atoms with van der Waals surface area (Å²) < 4.78 is 0. The molecule has 0 bridgehead atoms. The maximum absolute atomic E-state index is 12.3. The number of nitrogens with one attached hydrogen (secondary N) is 1. The first-order chi connectivity index (χ1) is 12.6. The van der Waals surface area contributed by atoms with E-state index in [2.05, 4.69) is 10.3 Å². The smallest absolute Gasteiger partial charge is 0.268 e. The number of carbonyl (C=O) groups is 1. The molecule has 0 unspecified atom stereocenters. The molecule has 3 N–H and O–H groups in total. The van der Waals surface area contributed by atoms with E-state index < -0.39 is 5.91 Å². The van der Waals surface area contributed by atoms with Crippen LogP contribution in [0.1, 0.15) is 5.56 Å². The fourth-order valence-electron chi connectivity index (χ4n) is 2.18. The summed E-state index contributed by atoms with van der Waals surface area (Å²) in [6, 6.07) is 15.4. The lowest BCUT2D eigenvalue weighted by Crippen LogP contribution is -2.13. The molecular weight excluding hydrogens is 350 g/mol. The number of rotatable bonds is 4. The van der Waals surface area contributed by atoms with Crippen LogP contribution in [-0.4, -0.2) is 21.1 Å². The number of benzene rings is 2. The number of thiazole rings is 1. The van der Waals surface area contributed by atoms with Crippen molar-refractivity contribution in [3.63, 3.8) is 0 Å². The average Bonchev–Trinajstić information content (AvgIpc) is 3.11. The van der Waals surface area contributed by atoms with Crippen molar-refractivity contribution in [2.24, 2.45) is 0 Å². The average molecular weight is 363 g/mol. The topological polar surface area (TPSA) is 106 Å². The normalized spacial score (nSPS) is 11.0. The Morgan fingerprint density at radius 2 is 1.92 bits per heavy atom. The lowest BCUT2D eigenvalue weighted by molar-refractivity contribution is -0.112. The minimum atomic E-state index is -0.603. The third-order valence-electron chi connectivity index (χ3n) is 3.47. The van der Waals surface area contributed by atoms with E-state index in [0.717, 1.165) is 11.3 Å². The highest BCUT2D eigenvalue weighted by molar-refractivity contribution is 7.14. The van der Waals surface area contributed by atoms with E-state index in [4.69, 9.17) is 0 Å². The van der Waals surface area contributed by atoms with Crippen molar-refractivity contribution in [1.29, 1.82) is 5.26 Å². The Kier molecular flexibility index (Phi) is 4.97. The van der Waals surface area contributed by atoms with Gasteiger partial charge in [-0.2, -0.15) is 5.26 Å². The summed E-state index contributed by atoms with van der Waals surface area (Å²) in [4.78, 5) is 16.6. The second-order valence-corrected chi connectivity index (χ2v) is 6.13. The van der Waals surface area contributed by atoms with Crippen LogP contribution in [0.5, 0.6) is 11.5 Å². The molecule has 6 nitrogen and oxygen atoms in total. The molecule has 7 heteroatoms. The van der Waals surface area contributed by atoms with Crippen molar-refractivity contribution in [1.82, 2.24) is 4.98 Å². The van der Waals surface area contributed by atoms with Crippen LogP contribution < -0.4 is 5.32 Å². The Balaban J connectivity index is 1.78. The summed E-state index contributed by atoms with van der Waals surface area (Å²) in [5, 5.41) is 32.8. The fraction of sp³-hybridized carbons (Fsp3) is 0. The van der Waals surface area contributed by atoms with Crippen molar-refractivity contribution in [3.8, 4) is 28.8 Å². The van der Waals surface area contributed by atoms with E-state index in [-0.39, 0.29) is 17.1 Å². The van der Waals surface area contributed by atoms with Crippen LogP contribution in [0.2, 0.25) is 0 Å². The molecular formula is C19H13N3O3S. The summed E-state index contributed by atoms with van der Waals surface area (Å²) in [5.74, 6) is -1.21. The summed E-state index contributed by atoms with van der Waals surface area (Å²) >= 11 is 1.26. The number of carbonyl (C=O) groups excluding carboxylic acids is 1. The highest BCUT2D eigenvalue weighted by Crippen LogP contribution is 2.27. The van der Waals surface area contributed by atoms with E-state index in [0.29, 0.717) is 10.7 Å². The Bertz CT molecular complexity index is 1020. The molecule has 1 amide bonds. The van der Waals surface area contributed by atoms with Gasteiger partial charge in [0.05, 0.1) is 5.69 Å². The highest BCUT2D eigenvalue weighted by atomic mass is 32.1. The number of nitriles is 1. The monoisotopic (exact) mass is 363 g/mol. The molecule has 2 aromatic carbocycles. The maximum atomic E-state index is 12.3. The molecule has 26 heavy (non-hydrogen) atoms. The van der Waals surface area contributed by atoms with E-state index in [1.54, 1.807) is 0 Å². The van der Waals surface area contributed by atoms with Gasteiger partial charge < -0.3 is 10.2 Å². The van der Waals surface area contributed by atoms with Crippen LogP contribution >= 0.6 is 11.3 Å². The van der Waals surface area contributed by atoms with Crippen LogP contribution in [0.4, 0.5) is 5.13 Å². The molecule has 0 fully saturated rings. The fourth-order valence-corrected chi connectivity index (χ4v) is 2.90. The first-order valence-electron chi connectivity index (χ1n) is 7.53. The van der Waals surface area contributed by atoms with Crippen molar-refractivity contribution >= 4 is 28.5 Å². The number of phenolic OH excluding ortho intramolecular Hbond substituents is 2. The highest BCUT2D eigenvalue weighted by Gasteiger charge is 2.13. The first-order valence-corrected chi connectivity index (χ1v) is 8.41. The zero-order chi connectivity index (χ0) is 18.5. The quantitative estimate of drug-likeness (QED) is 0.372. The van der Waals surface area contributed by atoms with E-state index in [9.17, 15) is 20.3 Å². The molecule has 0 aliphatic heterocycles. The van der Waals surface area contributed by atoms with Crippen molar-refractivity contribution in [2.75, 3.05) is 5.32 Å². The maximum Gasteiger partial charge on any atom is 0.268 e. The van der Waals surface area contributed by atoms with Crippen molar-refractivity contribution in [2.45, 2.75) is 0 Å². The summed E-state index contributed by atoms with van der Waals surface area (Å²) in [6.45, 7) is 0. The molecule has 3 rings (SSSR count). The van der Waals surface area contributed by atoms with Crippen LogP contribution in [0, 0.1) is 11.3 Å². The SMILES string of the molecule is N#C/C(=C\c1ccc(O)c(O)c1)C(=O)Nc1nc(-c2ccccc2)cs1. The summed E-state index contributed by atoms with van der Waals surface area (Å²) in [5.41, 5.74) is 1.93. The number of anilines is 1. The third kappa shape index (κ3) is 3.88. The van der Waals surface area contributed by atoms with Gasteiger partial charge in [0, 0.05) is 10.9 Å². The molecule has 0 aliphatic rings. The number of phenols is 2. The van der Waals surface area contributed by atoms with Gasteiger partial charge in [-0.15, -0.1) is 11.3 Å². The molecule has 1 aromatic heterocycles. The van der Waals surface area contributed by atoms with Gasteiger partial charge in [0.15, 0.2) is 16.6 Å². The lowest BCUT2D eigenvalue weighted by Gasteiger charge is -2.02. The Hall–Kier alpha value is -3.63. The van der Waals surface area contributed by atoms with Gasteiger partial charge in [-0.25, -0.2) is 4.98 Å². The molecule has 0 radical (unpaired) electrons. The Labute approximate surface area is 153 Å². The number of hydrogen-bond donors (Lipinski definition) is 3. The van der Waals surface area contributed by atoms with Gasteiger partial charge >= 0.3 is 0 Å². The second-order valence-electron chi connectivity index (χ2n) is 5.28. The van der Waals surface area contributed by atoms with Crippen LogP contribution in [0.15, 0.2) is 59.5 Å². The van der Waals surface area contributed by atoms with Crippen molar-refractivity contribution < 1.29 is 15.0 Å². The number of aromatic nitrogens is 1. The van der Waals surface area contributed by atoms with Gasteiger partial charge in [0.2, 0.25) is 0 Å². The first kappa shape index (κ1) is 17.2. The predicted molar refractivity (Wildman–Crippen MR) is 99.5 cm³/mol. The van der Waals surface area contributed by atoms with Crippen LogP contribution in [0.3, 0.4) is 0 Å². The number of aromatic hydroxyl groups is 2. The zero-order valence-corrected chi connectivity index (χ0v) is 14.2. The minimum absolute atomic E-state index is 0.147. The minimum Gasteiger partial charge on any atom is -0.504 e.